The summed E-state index contributed by atoms with van der Waals surface area (Å²) in [4.78, 5) is 32.4. The van der Waals surface area contributed by atoms with Gasteiger partial charge in [0, 0.05) is 11.3 Å². The summed E-state index contributed by atoms with van der Waals surface area (Å²) in [5.41, 5.74) is 2.76. The van der Waals surface area contributed by atoms with Crippen LogP contribution < -0.4 is 5.56 Å². The third kappa shape index (κ3) is 4.42. The minimum atomic E-state index is -0.323. The molecule has 0 spiro atoms. The summed E-state index contributed by atoms with van der Waals surface area (Å²) < 4.78 is 12.7. The third-order valence-corrected chi connectivity index (χ3v) is 7.35. The van der Waals surface area contributed by atoms with E-state index in [1.807, 2.05) is 31.2 Å². The zero-order valence-corrected chi connectivity index (χ0v) is 19.8. The minimum absolute atomic E-state index is 0.0926. The third-order valence-electron chi connectivity index (χ3n) is 5.34. The molecule has 2 aromatic heterocycles. The van der Waals surface area contributed by atoms with Crippen LogP contribution in [0.2, 0.25) is 0 Å². The molecule has 0 N–H and O–H groups in total. The fourth-order valence-electron chi connectivity index (χ4n) is 3.75. The molecule has 8 heteroatoms. The van der Waals surface area contributed by atoms with Crippen molar-refractivity contribution in [3.8, 4) is 5.69 Å². The number of carbonyl (C=O) groups excluding carboxylic acids is 1. The van der Waals surface area contributed by atoms with Crippen molar-refractivity contribution in [1.29, 1.82) is 0 Å². The molecule has 1 aliphatic heterocycles. The molecule has 0 fully saturated rings. The molecule has 0 saturated heterocycles. The van der Waals surface area contributed by atoms with Crippen molar-refractivity contribution >= 4 is 39.3 Å². The number of benzene rings is 1. The fourth-order valence-corrected chi connectivity index (χ4v) is 5.73. The highest BCUT2D eigenvalue weighted by Gasteiger charge is 2.29. The van der Waals surface area contributed by atoms with Crippen LogP contribution in [0.3, 0.4) is 0 Å². The Bertz CT molecular complexity index is 1180. The van der Waals surface area contributed by atoms with Crippen LogP contribution >= 0.6 is 23.1 Å². The van der Waals surface area contributed by atoms with Gasteiger partial charge < -0.3 is 9.47 Å². The smallest absolute Gasteiger partial charge is 0.316 e. The van der Waals surface area contributed by atoms with E-state index in [1.165, 1.54) is 23.1 Å². The molecule has 6 nitrogen and oxygen atoms in total. The van der Waals surface area contributed by atoms with E-state index in [2.05, 4.69) is 13.8 Å². The lowest BCUT2D eigenvalue weighted by Crippen LogP contribution is -2.28. The first-order valence-corrected chi connectivity index (χ1v) is 12.2. The molecule has 164 valence electrons. The normalized spacial score (nSPS) is 16.0. The van der Waals surface area contributed by atoms with E-state index < -0.39 is 0 Å². The molecule has 0 aliphatic carbocycles. The summed E-state index contributed by atoms with van der Waals surface area (Å²) >= 11 is 2.74. The molecule has 0 bridgehead atoms. The summed E-state index contributed by atoms with van der Waals surface area (Å²) in [7, 11) is 0. The molecular weight excluding hydrogens is 432 g/mol. The number of thiophene rings is 1. The van der Waals surface area contributed by atoms with E-state index >= 15 is 0 Å². The Balaban J connectivity index is 1.87. The summed E-state index contributed by atoms with van der Waals surface area (Å²) in [5.74, 6) is 0.145. The maximum absolute atomic E-state index is 13.8. The van der Waals surface area contributed by atoms with Crippen LogP contribution in [0.4, 0.5) is 0 Å². The lowest BCUT2D eigenvalue weighted by molar-refractivity contribution is -0.139. The second-order valence-electron chi connectivity index (χ2n) is 7.95. The lowest BCUT2D eigenvalue weighted by atomic mass is 9.96. The van der Waals surface area contributed by atoms with Crippen molar-refractivity contribution in [3.63, 3.8) is 0 Å². The maximum Gasteiger partial charge on any atom is 0.316 e. The number of fused-ring (bicyclic) bond motifs is 3. The van der Waals surface area contributed by atoms with Gasteiger partial charge in [-0.25, -0.2) is 4.98 Å². The molecule has 0 amide bonds. The van der Waals surface area contributed by atoms with Crippen molar-refractivity contribution in [3.05, 3.63) is 50.6 Å². The molecule has 3 aromatic rings. The van der Waals surface area contributed by atoms with E-state index in [0.717, 1.165) is 21.7 Å². The Kier molecular flexibility index (Phi) is 6.50. The molecule has 0 unspecified atom stereocenters. The summed E-state index contributed by atoms with van der Waals surface area (Å²) in [5, 5.41) is 1.17. The van der Waals surface area contributed by atoms with Crippen LogP contribution in [-0.2, 0) is 27.3 Å². The van der Waals surface area contributed by atoms with Crippen LogP contribution in [0, 0.1) is 12.8 Å². The molecule has 1 atom stereocenters. The summed E-state index contributed by atoms with van der Waals surface area (Å²) in [6.45, 7) is 8.87. The lowest BCUT2D eigenvalue weighted by Gasteiger charge is -2.26. The second-order valence-corrected chi connectivity index (χ2v) is 9.98. The van der Waals surface area contributed by atoms with E-state index in [-0.39, 0.29) is 23.4 Å². The number of aromatic nitrogens is 2. The van der Waals surface area contributed by atoms with Crippen LogP contribution in [0.1, 0.15) is 36.8 Å². The predicted molar refractivity (Wildman–Crippen MR) is 124 cm³/mol. The topological polar surface area (TPSA) is 70.4 Å². The Hall–Kier alpha value is -2.16. The number of rotatable bonds is 6. The van der Waals surface area contributed by atoms with Crippen molar-refractivity contribution < 1.29 is 14.3 Å². The monoisotopic (exact) mass is 458 g/mol. The van der Waals surface area contributed by atoms with Gasteiger partial charge in [0.05, 0.1) is 36.1 Å². The van der Waals surface area contributed by atoms with Crippen molar-refractivity contribution in [1.82, 2.24) is 9.55 Å². The van der Waals surface area contributed by atoms with Gasteiger partial charge in [0.15, 0.2) is 5.16 Å². The number of esters is 1. The molecule has 3 heterocycles. The molecule has 31 heavy (non-hydrogen) atoms. The maximum atomic E-state index is 13.8. The number of ether oxygens (including phenoxy) is 2. The van der Waals surface area contributed by atoms with Gasteiger partial charge >= 0.3 is 5.97 Å². The molecule has 4 rings (SSSR count). The number of nitrogens with zero attached hydrogens (tertiary/aromatic N) is 2. The summed E-state index contributed by atoms with van der Waals surface area (Å²) in [6, 6.07) is 7.77. The fraction of sp³-hybridized carbons (Fsp3) is 0.435. The van der Waals surface area contributed by atoms with E-state index in [4.69, 9.17) is 14.5 Å². The van der Waals surface area contributed by atoms with Gasteiger partial charge in [-0.2, -0.15) is 0 Å². The van der Waals surface area contributed by atoms with Gasteiger partial charge in [0.2, 0.25) is 0 Å². The number of carbonyl (C=O) groups is 1. The van der Waals surface area contributed by atoms with Gasteiger partial charge in [0.1, 0.15) is 4.83 Å². The standard InChI is InChI=1S/C23H26N2O4S2/c1-5-28-19(26)12-30-23-24-21-20(16-10-17(13(2)3)29-11-18(16)31-21)22(27)25(23)15-8-6-7-14(4)9-15/h6-9,13,17H,5,10-12H2,1-4H3/t17-/m0/s1. The van der Waals surface area contributed by atoms with Crippen molar-refractivity contribution in [2.45, 2.75) is 52.0 Å². The van der Waals surface area contributed by atoms with Crippen molar-refractivity contribution in [2.75, 3.05) is 12.4 Å². The highest BCUT2D eigenvalue weighted by atomic mass is 32.2. The highest BCUT2D eigenvalue weighted by Crippen LogP contribution is 2.36. The molecule has 0 radical (unpaired) electrons. The zero-order valence-electron chi connectivity index (χ0n) is 18.1. The Morgan fingerprint density at radius 2 is 2.23 bits per heavy atom. The first-order chi connectivity index (χ1) is 14.9. The van der Waals surface area contributed by atoms with Gasteiger partial charge in [-0.05, 0) is 43.0 Å². The zero-order chi connectivity index (χ0) is 22.1. The molecule has 0 saturated carbocycles. The van der Waals surface area contributed by atoms with Crippen LogP contribution in [-0.4, -0.2) is 34.0 Å². The minimum Gasteiger partial charge on any atom is -0.465 e. The summed E-state index contributed by atoms with van der Waals surface area (Å²) in [6.07, 6.45) is 0.808. The molecule has 1 aliphatic rings. The SMILES string of the molecule is CCOC(=O)CSc1nc2sc3c(c2c(=O)n1-c1cccc(C)c1)C[C@@H](C(C)C)OC3. The average molecular weight is 459 g/mol. The quantitative estimate of drug-likeness (QED) is 0.308. The number of hydrogen-bond donors (Lipinski definition) is 0. The van der Waals surface area contributed by atoms with E-state index in [0.29, 0.717) is 40.9 Å². The highest BCUT2D eigenvalue weighted by molar-refractivity contribution is 7.99. The number of hydrogen-bond acceptors (Lipinski definition) is 7. The Labute approximate surface area is 189 Å². The van der Waals surface area contributed by atoms with Gasteiger partial charge in [-0.1, -0.05) is 37.7 Å². The number of thioether (sulfide) groups is 1. The Morgan fingerprint density at radius 1 is 1.42 bits per heavy atom. The van der Waals surface area contributed by atoms with E-state index in [9.17, 15) is 9.59 Å². The first-order valence-electron chi connectivity index (χ1n) is 10.4. The van der Waals surface area contributed by atoms with Gasteiger partial charge in [-0.3, -0.25) is 14.2 Å². The van der Waals surface area contributed by atoms with Gasteiger partial charge in [-0.15, -0.1) is 11.3 Å². The van der Waals surface area contributed by atoms with Crippen LogP contribution in [0.5, 0.6) is 0 Å². The molecular formula is C23H26N2O4S2. The number of aryl methyl sites for hydroxylation is 1. The Morgan fingerprint density at radius 3 is 2.94 bits per heavy atom. The second kappa shape index (κ2) is 9.14. The van der Waals surface area contributed by atoms with Crippen LogP contribution in [0.15, 0.2) is 34.2 Å². The van der Waals surface area contributed by atoms with E-state index in [1.54, 1.807) is 11.5 Å². The average Bonchev–Trinajstić information content (AvgIpc) is 3.10. The predicted octanol–water partition coefficient (Wildman–Crippen LogP) is 4.51. The van der Waals surface area contributed by atoms with Gasteiger partial charge in [0.25, 0.3) is 5.56 Å². The first kappa shape index (κ1) is 22.0. The largest absolute Gasteiger partial charge is 0.465 e. The van der Waals surface area contributed by atoms with Crippen molar-refractivity contribution in [2.24, 2.45) is 5.92 Å². The molecule has 1 aromatic carbocycles. The van der Waals surface area contributed by atoms with Crippen LogP contribution in [0.25, 0.3) is 15.9 Å².